The van der Waals surface area contributed by atoms with Gasteiger partial charge in [-0.1, -0.05) is 6.07 Å². The van der Waals surface area contributed by atoms with E-state index >= 15 is 0 Å². The number of carbonyl (C=O) groups excluding carboxylic acids is 2. The Morgan fingerprint density at radius 1 is 1.00 bits per heavy atom. The van der Waals surface area contributed by atoms with Crippen molar-refractivity contribution in [3.63, 3.8) is 0 Å². The van der Waals surface area contributed by atoms with Crippen molar-refractivity contribution in [3.05, 3.63) is 77.9 Å². The number of rotatable bonds is 11. The molecule has 3 aromatic rings. The Morgan fingerprint density at radius 3 is 2.38 bits per heavy atom. The van der Waals surface area contributed by atoms with Gasteiger partial charge in [0.05, 0.1) is 38.3 Å². The molecule has 37 heavy (non-hydrogen) atoms. The number of ether oxygens (including phenoxy) is 3. The zero-order valence-electron chi connectivity index (χ0n) is 21.2. The van der Waals surface area contributed by atoms with E-state index in [1.807, 2.05) is 24.6 Å². The molecule has 1 saturated heterocycles. The molecule has 1 amide bonds. The number of hydrogen-bond donors (Lipinski definition) is 1. The molecule has 0 aliphatic carbocycles. The van der Waals surface area contributed by atoms with Crippen molar-refractivity contribution in [2.75, 3.05) is 26.9 Å². The highest BCUT2D eigenvalue weighted by Gasteiger charge is 2.46. The highest BCUT2D eigenvalue weighted by atomic mass is 16.5. The minimum atomic E-state index is -0.792. The van der Waals surface area contributed by atoms with Gasteiger partial charge in [0.15, 0.2) is 11.5 Å². The number of likely N-dealkylation sites (tertiary alicyclic amines) is 1. The van der Waals surface area contributed by atoms with Crippen molar-refractivity contribution in [3.8, 4) is 17.2 Å². The first kappa shape index (κ1) is 25.8. The number of Topliss-reactive ketones (excluding diaryl/α,β-unsaturated/α-hetero) is 1. The van der Waals surface area contributed by atoms with E-state index in [0.29, 0.717) is 61.1 Å². The number of aliphatic hydroxyl groups excluding tert-OH is 1. The topological polar surface area (TPSA) is 103 Å². The first-order valence-electron chi connectivity index (χ1n) is 12.3. The average molecular weight is 506 g/mol. The summed E-state index contributed by atoms with van der Waals surface area (Å²) in [7, 11) is 1.55. The molecule has 1 fully saturated rings. The molecule has 2 aromatic carbocycles. The van der Waals surface area contributed by atoms with Gasteiger partial charge in [-0.15, -0.1) is 0 Å². The number of aryl methyl sites for hydroxylation is 1. The van der Waals surface area contributed by atoms with Crippen LogP contribution in [0.3, 0.4) is 0 Å². The molecule has 1 aliphatic rings. The van der Waals surface area contributed by atoms with E-state index in [2.05, 4.69) is 4.98 Å². The number of benzene rings is 2. The normalized spacial score (nSPS) is 16.7. The van der Waals surface area contributed by atoms with Gasteiger partial charge in [-0.05, 0) is 62.2 Å². The van der Waals surface area contributed by atoms with Gasteiger partial charge in [0.2, 0.25) is 0 Å². The summed E-state index contributed by atoms with van der Waals surface area (Å²) < 4.78 is 18.6. The quantitative estimate of drug-likeness (QED) is 0.237. The Bertz CT molecular complexity index is 1270. The number of imidazole rings is 1. The Hall–Kier alpha value is -4.27. The van der Waals surface area contributed by atoms with Crippen molar-refractivity contribution in [1.82, 2.24) is 14.5 Å². The number of methoxy groups -OCH3 is 1. The molecule has 1 aromatic heterocycles. The number of aliphatic hydroxyl groups is 1. The van der Waals surface area contributed by atoms with E-state index in [1.165, 1.54) is 4.90 Å². The predicted octanol–water partition coefficient (Wildman–Crippen LogP) is 4.20. The molecule has 9 nitrogen and oxygen atoms in total. The van der Waals surface area contributed by atoms with Gasteiger partial charge in [-0.25, -0.2) is 4.98 Å². The third-order valence-electron chi connectivity index (χ3n) is 6.16. The van der Waals surface area contributed by atoms with Crippen molar-refractivity contribution < 1.29 is 28.9 Å². The van der Waals surface area contributed by atoms with Gasteiger partial charge in [0.25, 0.3) is 11.7 Å². The molecule has 4 rings (SSSR count). The summed E-state index contributed by atoms with van der Waals surface area (Å²) in [6.45, 7) is 5.57. The van der Waals surface area contributed by atoms with Gasteiger partial charge >= 0.3 is 0 Å². The summed E-state index contributed by atoms with van der Waals surface area (Å²) in [5.41, 5.74) is 1.09. The molecule has 194 valence electrons. The second kappa shape index (κ2) is 11.6. The number of carbonyl (C=O) groups is 2. The Morgan fingerprint density at radius 2 is 1.73 bits per heavy atom. The minimum Gasteiger partial charge on any atom is -0.507 e. The maximum Gasteiger partial charge on any atom is 0.295 e. The van der Waals surface area contributed by atoms with E-state index in [1.54, 1.807) is 62.1 Å². The van der Waals surface area contributed by atoms with Gasteiger partial charge < -0.3 is 28.8 Å². The molecule has 2 heterocycles. The van der Waals surface area contributed by atoms with Crippen LogP contribution in [0.5, 0.6) is 17.2 Å². The van der Waals surface area contributed by atoms with Crippen LogP contribution in [0, 0.1) is 0 Å². The lowest BCUT2D eigenvalue weighted by Crippen LogP contribution is -2.31. The summed E-state index contributed by atoms with van der Waals surface area (Å²) in [6, 6.07) is 11.2. The van der Waals surface area contributed by atoms with Crippen LogP contribution in [0.15, 0.2) is 66.8 Å². The summed E-state index contributed by atoms with van der Waals surface area (Å²) in [5, 5.41) is 11.3. The Balaban J connectivity index is 1.77. The smallest absolute Gasteiger partial charge is 0.295 e. The average Bonchev–Trinajstić information content (AvgIpc) is 3.52. The monoisotopic (exact) mass is 505 g/mol. The minimum absolute atomic E-state index is 0.0319. The van der Waals surface area contributed by atoms with Crippen LogP contribution >= 0.6 is 0 Å². The highest BCUT2D eigenvalue weighted by Crippen LogP contribution is 2.42. The van der Waals surface area contributed by atoms with Gasteiger partial charge in [0, 0.05) is 31.0 Å². The highest BCUT2D eigenvalue weighted by molar-refractivity contribution is 6.46. The number of hydrogen-bond acceptors (Lipinski definition) is 7. The van der Waals surface area contributed by atoms with Gasteiger partial charge in [0.1, 0.15) is 11.5 Å². The second-order valence-corrected chi connectivity index (χ2v) is 8.45. The molecule has 1 atom stereocenters. The molecular weight excluding hydrogens is 474 g/mol. The van der Waals surface area contributed by atoms with Crippen molar-refractivity contribution in [2.45, 2.75) is 32.9 Å². The number of amides is 1. The van der Waals surface area contributed by atoms with Crippen LogP contribution in [0.1, 0.15) is 37.4 Å². The molecule has 9 heteroatoms. The fraction of sp³-hybridized carbons (Fsp3) is 0.321. The summed E-state index contributed by atoms with van der Waals surface area (Å²) in [5.74, 6) is 0.0665. The predicted molar refractivity (Wildman–Crippen MR) is 138 cm³/mol. The van der Waals surface area contributed by atoms with Crippen LogP contribution in [-0.2, 0) is 16.1 Å². The van der Waals surface area contributed by atoms with E-state index < -0.39 is 17.7 Å². The van der Waals surface area contributed by atoms with Crippen molar-refractivity contribution in [1.29, 1.82) is 0 Å². The number of nitrogens with zero attached hydrogens (tertiary/aromatic N) is 3. The molecule has 0 saturated carbocycles. The number of ketones is 1. The first-order chi connectivity index (χ1) is 18.0. The van der Waals surface area contributed by atoms with Gasteiger partial charge in [-0.2, -0.15) is 0 Å². The van der Waals surface area contributed by atoms with Crippen LogP contribution < -0.4 is 14.2 Å². The van der Waals surface area contributed by atoms with Crippen molar-refractivity contribution in [2.24, 2.45) is 0 Å². The first-order valence-corrected chi connectivity index (χ1v) is 12.3. The maximum absolute atomic E-state index is 13.3. The van der Waals surface area contributed by atoms with E-state index in [0.717, 1.165) is 0 Å². The van der Waals surface area contributed by atoms with Crippen LogP contribution in [0.2, 0.25) is 0 Å². The molecule has 0 unspecified atom stereocenters. The zero-order valence-corrected chi connectivity index (χ0v) is 21.2. The molecular formula is C28H31N3O6. The molecule has 1 aliphatic heterocycles. The lowest BCUT2D eigenvalue weighted by atomic mass is 9.95. The summed E-state index contributed by atoms with van der Waals surface area (Å²) in [6.07, 6.45) is 5.83. The fourth-order valence-electron chi connectivity index (χ4n) is 4.44. The largest absolute Gasteiger partial charge is 0.507 e. The maximum atomic E-state index is 13.3. The molecule has 0 spiro atoms. The summed E-state index contributed by atoms with van der Waals surface area (Å²) in [4.78, 5) is 32.1. The van der Waals surface area contributed by atoms with Crippen LogP contribution in [0.4, 0.5) is 0 Å². The van der Waals surface area contributed by atoms with E-state index in [4.69, 9.17) is 14.2 Å². The van der Waals surface area contributed by atoms with E-state index in [-0.39, 0.29) is 11.3 Å². The molecule has 0 radical (unpaired) electrons. The molecule has 0 bridgehead atoms. The Kier molecular flexibility index (Phi) is 8.12. The molecule has 1 N–H and O–H groups in total. The van der Waals surface area contributed by atoms with E-state index in [9.17, 15) is 14.7 Å². The third-order valence-corrected chi connectivity index (χ3v) is 6.16. The standard InChI is InChI=1S/C28H31N3O6/c1-4-36-22-12-9-20(17-23(22)37-5-2)25-24(26(32)19-7-10-21(35-3)11-8-19)27(33)28(34)31(25)15-6-14-30-16-13-29-18-30/h7-13,16-18,25,32H,4-6,14-15H2,1-3H3/t25-/m0/s1. The summed E-state index contributed by atoms with van der Waals surface area (Å²) >= 11 is 0. The second-order valence-electron chi connectivity index (χ2n) is 8.45. The van der Waals surface area contributed by atoms with Crippen LogP contribution in [0.25, 0.3) is 5.76 Å². The Labute approximate surface area is 215 Å². The lowest BCUT2D eigenvalue weighted by Gasteiger charge is -2.26. The number of aromatic nitrogens is 2. The lowest BCUT2D eigenvalue weighted by molar-refractivity contribution is -0.139. The zero-order chi connectivity index (χ0) is 26.4. The SMILES string of the molecule is CCOc1ccc([C@H]2C(=C(O)c3ccc(OC)cc3)C(=O)C(=O)N2CCCn2ccnc2)cc1OCC. The fourth-order valence-corrected chi connectivity index (χ4v) is 4.44. The van der Waals surface area contributed by atoms with Crippen LogP contribution in [-0.4, -0.2) is 58.1 Å². The van der Waals surface area contributed by atoms with Gasteiger partial charge in [-0.3, -0.25) is 9.59 Å². The third kappa shape index (κ3) is 5.45. The van der Waals surface area contributed by atoms with Crippen molar-refractivity contribution >= 4 is 17.4 Å².